The first-order valence-corrected chi connectivity index (χ1v) is 9.56. The van der Waals surface area contributed by atoms with E-state index in [0.717, 1.165) is 0 Å². The van der Waals surface area contributed by atoms with Crippen LogP contribution in [0.1, 0.15) is 0 Å². The zero-order valence-corrected chi connectivity index (χ0v) is 6.34. The fraction of sp³-hybridized carbons (Fsp3) is 0. The first kappa shape index (κ1) is 15.7. The van der Waals surface area contributed by atoms with Gasteiger partial charge in [0.05, 0.1) is 0 Å². The Bertz CT molecular complexity index is 8.00. The Hall–Kier alpha value is 3.35. The molecule has 4 heavy (non-hydrogen) atoms. The minimum absolute atomic E-state index is 0. The molecule has 0 atom stereocenters. The van der Waals surface area contributed by atoms with Gasteiger partial charge in [0.1, 0.15) is 0 Å². The molecule has 0 aromatic heterocycles. The van der Waals surface area contributed by atoms with Crippen molar-refractivity contribution in [3.05, 3.63) is 0 Å². The molecule has 0 aliphatic carbocycles. The van der Waals surface area contributed by atoms with Crippen molar-refractivity contribution >= 4 is 74.5 Å². The molecule has 0 aliphatic heterocycles. The number of hydrogen-bond acceptors (Lipinski definition) is 0. The predicted molar refractivity (Wildman–Crippen MR) is 27.0 cm³/mol. The van der Waals surface area contributed by atoms with E-state index in [9.17, 15) is 0 Å². The molecule has 0 radical (unpaired) electrons. The first-order valence-electron chi connectivity index (χ1n) is 0.174. The second-order valence-electron chi connectivity index (χ2n) is 0. The molecule has 0 N–H and O–H groups in total. The van der Waals surface area contributed by atoms with Crippen LogP contribution in [0.25, 0.3) is 0 Å². The van der Waals surface area contributed by atoms with Crippen molar-refractivity contribution in [3.8, 4) is 0 Å². The van der Waals surface area contributed by atoms with Crippen molar-refractivity contribution in [2.45, 2.75) is 0 Å². The van der Waals surface area contributed by atoms with Crippen LogP contribution in [0, 0.1) is 0 Å². The molecule has 0 fully saturated rings. The van der Waals surface area contributed by atoms with Gasteiger partial charge in [-0.25, -0.2) is 0 Å². The Morgan fingerprint density at radius 3 is 1.25 bits per heavy atom. The van der Waals surface area contributed by atoms with Crippen LogP contribution in [0.5, 0.6) is 0 Å². The van der Waals surface area contributed by atoms with Crippen LogP contribution in [0.15, 0.2) is 0 Å². The van der Waals surface area contributed by atoms with E-state index < -0.39 is 0 Å². The summed E-state index contributed by atoms with van der Waals surface area (Å²) in [5.74, 6) is 0. The van der Waals surface area contributed by atoms with Crippen LogP contribution in [-0.2, 0) is 17.1 Å². The van der Waals surface area contributed by atoms with Crippen molar-refractivity contribution in [3.63, 3.8) is 0 Å². The van der Waals surface area contributed by atoms with Gasteiger partial charge >= 0.3 is 74.3 Å². The van der Waals surface area contributed by atoms with Crippen molar-refractivity contribution < 1.29 is 17.1 Å². The van der Waals surface area contributed by atoms with Crippen molar-refractivity contribution in [2.75, 3.05) is 0 Å². The van der Waals surface area contributed by atoms with E-state index in [2.05, 4.69) is 17.1 Å². The minimum atomic E-state index is 0. The zero-order chi connectivity index (χ0) is 2.00. The third-order valence-corrected chi connectivity index (χ3v) is 0. The van der Waals surface area contributed by atoms with Crippen molar-refractivity contribution in [1.82, 2.24) is 0 Å². The topological polar surface area (TPSA) is 0 Å². The Labute approximate surface area is 89.3 Å². The molecule has 0 saturated carbocycles. The Morgan fingerprint density at radius 2 is 1.25 bits per heavy atom. The third-order valence-electron chi connectivity index (χ3n) is 0. The van der Waals surface area contributed by atoms with E-state index in [0.29, 0.717) is 0 Å². The molecule has 0 aliphatic rings. The Balaban J connectivity index is -0.00000000500. The van der Waals surface area contributed by atoms with Gasteiger partial charge < -0.3 is 0 Å². The second kappa shape index (κ2) is 16.2. The number of hydrogen-bond donors (Lipinski definition) is 0. The monoisotopic (exact) mass is 392 g/mol. The van der Waals surface area contributed by atoms with Crippen LogP contribution in [0.3, 0.4) is 0 Å². The fourth-order valence-corrected chi connectivity index (χ4v) is 0. The average Bonchev–Trinajstić information content (AvgIpc) is 1.00. The van der Waals surface area contributed by atoms with E-state index in [-0.39, 0.29) is 55.1 Å². The van der Waals surface area contributed by atoms with Gasteiger partial charge in [0.25, 0.3) is 0 Å². The van der Waals surface area contributed by atoms with Gasteiger partial charge in [0.15, 0.2) is 17.4 Å². The van der Waals surface area contributed by atoms with Gasteiger partial charge in [-0.15, -0.1) is 0 Å². The molecule has 0 aromatic carbocycles. The summed E-state index contributed by atoms with van der Waals surface area (Å²) >= 11 is 3.70. The van der Waals surface area contributed by atoms with Crippen molar-refractivity contribution in [1.29, 1.82) is 0 Å². The Morgan fingerprint density at radius 1 is 1.25 bits per heavy atom. The molecular weight excluding hydrogens is 386 g/mol. The quantitative estimate of drug-likeness (QED) is 0.385. The first-order chi connectivity index (χ1) is 1.00. The van der Waals surface area contributed by atoms with E-state index >= 15 is 0 Å². The van der Waals surface area contributed by atoms with Crippen molar-refractivity contribution in [2.24, 2.45) is 0 Å². The van der Waals surface area contributed by atoms with Crippen LogP contribution in [-0.4, -0.2) is 74.5 Å². The van der Waals surface area contributed by atoms with Gasteiger partial charge in [-0.3, -0.25) is 0 Å². The van der Waals surface area contributed by atoms with Crippen LogP contribution < -0.4 is 0 Å². The molecular formula is H7AlAuCaSb. The molecule has 0 nitrogen and oxygen atoms in total. The standard InChI is InChI=1S/Al.Au.Ca.Sb.7H. The predicted octanol–water partition coefficient (Wildman–Crippen LogP) is -3.02. The molecule has 0 aromatic rings. The molecule has 28 valence electrons. The number of rotatable bonds is 0. The van der Waals surface area contributed by atoms with Crippen LogP contribution >= 0.6 is 0 Å². The average molecular weight is 393 g/mol. The van der Waals surface area contributed by atoms with Gasteiger partial charge in [-0.05, 0) is 0 Å². The summed E-state index contributed by atoms with van der Waals surface area (Å²) in [5, 5.41) is 0. The second-order valence-corrected chi connectivity index (χ2v) is 0. The van der Waals surface area contributed by atoms with Crippen LogP contribution in [0.4, 0.5) is 0 Å². The van der Waals surface area contributed by atoms with Crippen LogP contribution in [0.2, 0.25) is 0 Å². The summed E-state index contributed by atoms with van der Waals surface area (Å²) in [7, 11) is 0. The van der Waals surface area contributed by atoms with Gasteiger partial charge in [0, 0.05) is 0 Å². The zero-order valence-electron chi connectivity index (χ0n) is 0.879. The fourth-order valence-electron chi connectivity index (χ4n) is 0. The van der Waals surface area contributed by atoms with E-state index in [1.54, 1.807) is 0 Å². The summed E-state index contributed by atoms with van der Waals surface area (Å²) < 4.78 is 0. The van der Waals surface area contributed by atoms with Gasteiger partial charge in [-0.2, -0.15) is 0 Å². The summed E-state index contributed by atoms with van der Waals surface area (Å²) in [6, 6.07) is 0. The van der Waals surface area contributed by atoms with Gasteiger partial charge in [-0.1, -0.05) is 0 Å². The summed E-state index contributed by atoms with van der Waals surface area (Å²) in [4.78, 5) is 0. The molecule has 0 amide bonds. The molecule has 0 heterocycles. The third kappa shape index (κ3) is 9.02. The summed E-state index contributed by atoms with van der Waals surface area (Å²) in [6.07, 6.45) is 0. The maximum absolute atomic E-state index is 2.41. The molecule has 0 unspecified atom stereocenters. The Kier molecular flexibility index (Phi) is 63.4. The maximum atomic E-state index is 2.41. The molecule has 0 bridgehead atoms. The van der Waals surface area contributed by atoms with E-state index in [4.69, 9.17) is 0 Å². The molecule has 0 spiro atoms. The van der Waals surface area contributed by atoms with Gasteiger partial charge in [0.2, 0.25) is 0 Å². The molecule has 0 saturated heterocycles. The van der Waals surface area contributed by atoms with E-state index in [1.807, 2.05) is 0 Å². The SMILES string of the molecule is [AlH3].[CaH2].[SbH2][Au]. The molecule has 0 rings (SSSR count). The normalized spacial score (nSPS) is 1.75. The van der Waals surface area contributed by atoms with E-state index in [1.165, 1.54) is 19.4 Å². The summed E-state index contributed by atoms with van der Waals surface area (Å²) in [5.41, 5.74) is 0. The molecule has 4 heteroatoms. The summed E-state index contributed by atoms with van der Waals surface area (Å²) in [6.45, 7) is 0.